The van der Waals surface area contributed by atoms with E-state index in [1.807, 2.05) is 6.07 Å². The normalized spacial score (nSPS) is 19.1. The lowest BCUT2D eigenvalue weighted by molar-refractivity contribution is 0.366. The van der Waals surface area contributed by atoms with Gasteiger partial charge in [-0.25, -0.2) is 0 Å². The highest BCUT2D eigenvalue weighted by atomic mass is 35.5. The first-order valence-corrected chi connectivity index (χ1v) is 6.67. The average molecular weight is 242 g/mol. The van der Waals surface area contributed by atoms with Crippen LogP contribution in [0.4, 0.5) is 0 Å². The van der Waals surface area contributed by atoms with E-state index in [-0.39, 0.29) is 0 Å². The molecule has 0 bridgehead atoms. The van der Waals surface area contributed by atoms with E-state index in [1.54, 1.807) is 6.26 Å². The second-order valence-corrected chi connectivity index (χ2v) is 4.97. The molecule has 0 saturated heterocycles. The van der Waals surface area contributed by atoms with Gasteiger partial charge in [-0.3, -0.25) is 0 Å². The van der Waals surface area contributed by atoms with E-state index in [4.69, 9.17) is 16.0 Å². The summed E-state index contributed by atoms with van der Waals surface area (Å²) in [5.74, 6) is 0.724. The van der Waals surface area contributed by atoms with Crippen molar-refractivity contribution in [2.24, 2.45) is 5.92 Å². The fourth-order valence-corrected chi connectivity index (χ4v) is 2.88. The second-order valence-electron chi connectivity index (χ2n) is 4.63. The third-order valence-electron chi connectivity index (χ3n) is 3.47. The van der Waals surface area contributed by atoms with Crippen LogP contribution in [-0.4, -0.2) is 6.54 Å². The Morgan fingerprint density at radius 3 is 2.81 bits per heavy atom. The summed E-state index contributed by atoms with van der Waals surface area (Å²) in [6.07, 6.45) is 8.16. The van der Waals surface area contributed by atoms with E-state index < -0.39 is 0 Å². The summed E-state index contributed by atoms with van der Waals surface area (Å²) in [5, 5.41) is 4.17. The highest BCUT2D eigenvalue weighted by Gasteiger charge is 2.28. The van der Waals surface area contributed by atoms with Gasteiger partial charge in [-0.1, -0.05) is 19.8 Å². The summed E-state index contributed by atoms with van der Waals surface area (Å²) < 4.78 is 5.21. The molecule has 1 unspecified atom stereocenters. The van der Waals surface area contributed by atoms with Crippen molar-refractivity contribution in [2.45, 2.75) is 45.1 Å². The molecule has 3 heteroatoms. The first-order valence-electron chi connectivity index (χ1n) is 6.29. The minimum Gasteiger partial charge on any atom is -0.453 e. The van der Waals surface area contributed by atoms with Crippen LogP contribution in [0.15, 0.2) is 16.7 Å². The van der Waals surface area contributed by atoms with Crippen molar-refractivity contribution < 1.29 is 4.42 Å². The number of furan rings is 1. The molecular formula is C13H20ClNO. The molecule has 1 aliphatic carbocycles. The van der Waals surface area contributed by atoms with Crippen molar-refractivity contribution in [3.05, 3.63) is 23.1 Å². The third-order valence-corrected chi connectivity index (χ3v) is 3.77. The van der Waals surface area contributed by atoms with Crippen LogP contribution >= 0.6 is 11.6 Å². The summed E-state index contributed by atoms with van der Waals surface area (Å²) in [6, 6.07) is 2.39. The highest BCUT2D eigenvalue weighted by Crippen LogP contribution is 2.38. The molecule has 1 saturated carbocycles. The number of halogens is 1. The number of nitrogens with one attached hydrogen (secondary N) is 1. The Balaban J connectivity index is 2.10. The second kappa shape index (κ2) is 5.74. The van der Waals surface area contributed by atoms with Crippen LogP contribution < -0.4 is 5.32 Å². The fraction of sp³-hybridized carbons (Fsp3) is 0.692. The van der Waals surface area contributed by atoms with E-state index >= 15 is 0 Å². The molecule has 0 amide bonds. The molecular weight excluding hydrogens is 222 g/mol. The molecule has 1 fully saturated rings. The van der Waals surface area contributed by atoms with Gasteiger partial charge in [-0.2, -0.15) is 0 Å². The van der Waals surface area contributed by atoms with E-state index in [0.717, 1.165) is 24.4 Å². The molecule has 1 aliphatic rings. The third kappa shape index (κ3) is 2.61. The van der Waals surface area contributed by atoms with Gasteiger partial charge >= 0.3 is 0 Å². The standard InChI is InChI=1S/C13H20ClNO/c1-2-8-15-12(10-5-3-4-6-10)11-7-9-16-13(11)14/h7,9-10,12,15H,2-6,8H2,1H3. The predicted octanol–water partition coefficient (Wildman–Crippen LogP) is 4.16. The van der Waals surface area contributed by atoms with Crippen LogP contribution in [-0.2, 0) is 0 Å². The van der Waals surface area contributed by atoms with Gasteiger partial charge in [0.25, 0.3) is 0 Å². The van der Waals surface area contributed by atoms with E-state index in [2.05, 4.69) is 12.2 Å². The molecule has 0 spiro atoms. The van der Waals surface area contributed by atoms with Gasteiger partial charge in [0, 0.05) is 11.6 Å². The summed E-state index contributed by atoms with van der Waals surface area (Å²) in [4.78, 5) is 0. The smallest absolute Gasteiger partial charge is 0.197 e. The highest BCUT2D eigenvalue weighted by molar-refractivity contribution is 6.29. The lowest BCUT2D eigenvalue weighted by atomic mass is 9.93. The molecule has 0 aliphatic heterocycles. The topological polar surface area (TPSA) is 25.2 Å². The summed E-state index contributed by atoms with van der Waals surface area (Å²) in [7, 11) is 0. The molecule has 1 aromatic heterocycles. The SMILES string of the molecule is CCCNC(c1ccoc1Cl)C1CCCC1. The predicted molar refractivity (Wildman–Crippen MR) is 66.7 cm³/mol. The lowest BCUT2D eigenvalue weighted by Crippen LogP contribution is -2.27. The number of hydrogen-bond donors (Lipinski definition) is 1. The zero-order valence-corrected chi connectivity index (χ0v) is 10.6. The minimum absolute atomic E-state index is 0.383. The molecule has 2 nitrogen and oxygen atoms in total. The zero-order valence-electron chi connectivity index (χ0n) is 9.84. The Labute approximate surface area is 102 Å². The molecule has 1 heterocycles. The van der Waals surface area contributed by atoms with Gasteiger partial charge in [-0.15, -0.1) is 0 Å². The maximum atomic E-state index is 6.09. The van der Waals surface area contributed by atoms with E-state index in [9.17, 15) is 0 Å². The zero-order chi connectivity index (χ0) is 11.4. The summed E-state index contributed by atoms with van der Waals surface area (Å²) in [5.41, 5.74) is 1.14. The summed E-state index contributed by atoms with van der Waals surface area (Å²) >= 11 is 6.09. The number of rotatable bonds is 5. The first-order chi connectivity index (χ1) is 7.83. The first kappa shape index (κ1) is 12.0. The Hall–Kier alpha value is -0.470. The Morgan fingerprint density at radius 1 is 1.50 bits per heavy atom. The molecule has 0 radical (unpaired) electrons. The Kier molecular flexibility index (Phi) is 4.30. The van der Waals surface area contributed by atoms with Crippen molar-refractivity contribution >= 4 is 11.6 Å². The minimum atomic E-state index is 0.383. The summed E-state index contributed by atoms with van der Waals surface area (Å²) in [6.45, 7) is 3.23. The van der Waals surface area contributed by atoms with Crippen molar-refractivity contribution in [1.29, 1.82) is 0 Å². The van der Waals surface area contributed by atoms with E-state index in [1.165, 1.54) is 25.7 Å². The van der Waals surface area contributed by atoms with Gasteiger partial charge in [0.15, 0.2) is 5.22 Å². The largest absolute Gasteiger partial charge is 0.453 e. The van der Waals surface area contributed by atoms with Crippen molar-refractivity contribution in [3.63, 3.8) is 0 Å². The molecule has 90 valence electrons. The quantitative estimate of drug-likeness (QED) is 0.837. The van der Waals surface area contributed by atoms with Crippen molar-refractivity contribution in [1.82, 2.24) is 5.32 Å². The molecule has 16 heavy (non-hydrogen) atoms. The fourth-order valence-electron chi connectivity index (χ4n) is 2.65. The van der Waals surface area contributed by atoms with Crippen LogP contribution in [0, 0.1) is 5.92 Å². The maximum Gasteiger partial charge on any atom is 0.197 e. The molecule has 1 aromatic rings. The van der Waals surface area contributed by atoms with Gasteiger partial charge in [0.05, 0.1) is 6.26 Å². The van der Waals surface area contributed by atoms with Crippen molar-refractivity contribution in [2.75, 3.05) is 6.54 Å². The van der Waals surface area contributed by atoms with Crippen LogP contribution in [0.5, 0.6) is 0 Å². The van der Waals surface area contributed by atoms with Crippen molar-refractivity contribution in [3.8, 4) is 0 Å². The molecule has 2 rings (SSSR count). The molecule has 1 N–H and O–H groups in total. The monoisotopic (exact) mass is 241 g/mol. The molecule has 0 aromatic carbocycles. The van der Waals surface area contributed by atoms with Crippen LogP contribution in [0.25, 0.3) is 0 Å². The van der Waals surface area contributed by atoms with Gasteiger partial charge in [-0.05, 0) is 49.4 Å². The van der Waals surface area contributed by atoms with E-state index in [0.29, 0.717) is 11.3 Å². The van der Waals surface area contributed by atoms with Gasteiger partial charge in [0.2, 0.25) is 0 Å². The average Bonchev–Trinajstić information content (AvgIpc) is 2.91. The maximum absolute atomic E-state index is 6.09. The molecule has 1 atom stereocenters. The van der Waals surface area contributed by atoms with Gasteiger partial charge < -0.3 is 9.73 Å². The Bertz CT molecular complexity index is 317. The van der Waals surface area contributed by atoms with Gasteiger partial charge in [0.1, 0.15) is 0 Å². The van der Waals surface area contributed by atoms with Crippen LogP contribution in [0.1, 0.15) is 50.6 Å². The lowest BCUT2D eigenvalue weighted by Gasteiger charge is -2.24. The van der Waals surface area contributed by atoms with Crippen LogP contribution in [0.2, 0.25) is 5.22 Å². The Morgan fingerprint density at radius 2 is 2.25 bits per heavy atom. The number of hydrogen-bond acceptors (Lipinski definition) is 2. The van der Waals surface area contributed by atoms with Crippen LogP contribution in [0.3, 0.4) is 0 Å².